The lowest BCUT2D eigenvalue weighted by Crippen LogP contribution is -2.35. The average Bonchev–Trinajstić information content (AvgIpc) is 1.89. The lowest BCUT2D eigenvalue weighted by molar-refractivity contribution is 0.694. The van der Waals surface area contributed by atoms with Gasteiger partial charge in [-0.2, -0.15) is 0 Å². The Balaban J connectivity index is 2.48. The Labute approximate surface area is 66.0 Å². The van der Waals surface area contributed by atoms with Gasteiger partial charge in [0.1, 0.15) is 0 Å². The number of hydrogen-bond acceptors (Lipinski definition) is 0. The predicted molar refractivity (Wildman–Crippen MR) is 50.2 cm³/mol. The molecule has 1 fully saturated rings. The first-order valence-corrected chi connectivity index (χ1v) is 7.64. The van der Waals surface area contributed by atoms with Gasteiger partial charge in [0.05, 0.1) is 8.07 Å². The van der Waals surface area contributed by atoms with Gasteiger partial charge in [-0.15, -0.1) is 0 Å². The van der Waals surface area contributed by atoms with Gasteiger partial charge < -0.3 is 0 Å². The van der Waals surface area contributed by atoms with Gasteiger partial charge in [-0.3, -0.25) is 0 Å². The fourth-order valence-corrected chi connectivity index (χ4v) is 5.46. The Hall–Kier alpha value is 0.217. The smallest absolute Gasteiger partial charge is 0.0530 e. The minimum absolute atomic E-state index is 0.714. The Bertz CT molecular complexity index is 101. The third-order valence-corrected chi connectivity index (χ3v) is 9.17. The van der Waals surface area contributed by atoms with Crippen LogP contribution < -0.4 is 0 Å². The van der Waals surface area contributed by atoms with Crippen LogP contribution in [0.3, 0.4) is 0 Å². The van der Waals surface area contributed by atoms with E-state index in [9.17, 15) is 0 Å². The molecule has 0 atom stereocenters. The summed E-state index contributed by atoms with van der Waals surface area (Å²) in [7, 11) is -0.714. The van der Waals surface area contributed by atoms with Crippen LogP contribution in [0.1, 0.15) is 33.1 Å². The van der Waals surface area contributed by atoms with Crippen LogP contribution in [0.25, 0.3) is 0 Å². The van der Waals surface area contributed by atoms with Crippen LogP contribution in [0.15, 0.2) is 0 Å². The highest BCUT2D eigenvalue weighted by molar-refractivity contribution is 6.80. The van der Waals surface area contributed by atoms with Crippen molar-refractivity contribution in [2.75, 3.05) is 0 Å². The highest BCUT2D eigenvalue weighted by atomic mass is 28.3. The summed E-state index contributed by atoms with van der Waals surface area (Å²) in [5, 5.41) is 0. The maximum atomic E-state index is 2.59. The first-order chi connectivity index (χ1) is 4.65. The Morgan fingerprint density at radius 1 is 1.00 bits per heavy atom. The summed E-state index contributed by atoms with van der Waals surface area (Å²) in [6, 6.07) is 3.20. The molecule has 1 rings (SSSR count). The second-order valence-corrected chi connectivity index (χ2v) is 9.83. The van der Waals surface area contributed by atoms with E-state index in [4.69, 9.17) is 0 Å². The molecule has 60 valence electrons. The van der Waals surface area contributed by atoms with Gasteiger partial charge in [0.2, 0.25) is 0 Å². The van der Waals surface area contributed by atoms with Crippen LogP contribution in [-0.4, -0.2) is 8.07 Å². The van der Waals surface area contributed by atoms with Gasteiger partial charge in [-0.05, 0) is 0 Å². The second kappa shape index (κ2) is 3.08. The fraction of sp³-hybridized carbons (Fsp3) is 1.00. The molecule has 0 amide bonds. The third-order valence-electron chi connectivity index (χ3n) is 3.39. The minimum atomic E-state index is -0.714. The van der Waals surface area contributed by atoms with E-state index in [-0.39, 0.29) is 0 Å². The molecule has 0 aromatic rings. The fourth-order valence-electron chi connectivity index (χ4n) is 1.94. The van der Waals surface area contributed by atoms with Crippen LogP contribution >= 0.6 is 0 Å². The van der Waals surface area contributed by atoms with Crippen molar-refractivity contribution in [2.45, 2.75) is 57.3 Å². The molecule has 0 spiro atoms. The molecule has 0 unspecified atom stereocenters. The third kappa shape index (κ3) is 1.63. The summed E-state index contributed by atoms with van der Waals surface area (Å²) in [5.41, 5.74) is 1.02. The van der Waals surface area contributed by atoms with E-state index >= 15 is 0 Å². The molecule has 1 aliphatic rings. The summed E-state index contributed by atoms with van der Waals surface area (Å²) >= 11 is 0. The summed E-state index contributed by atoms with van der Waals surface area (Å²) in [6.45, 7) is 7.45. The van der Waals surface area contributed by atoms with Crippen molar-refractivity contribution in [3.63, 3.8) is 0 Å². The van der Waals surface area contributed by atoms with Gasteiger partial charge in [0.15, 0.2) is 0 Å². The first-order valence-electron chi connectivity index (χ1n) is 4.65. The van der Waals surface area contributed by atoms with Crippen molar-refractivity contribution in [3.8, 4) is 0 Å². The van der Waals surface area contributed by atoms with E-state index in [1.54, 1.807) is 12.1 Å². The van der Waals surface area contributed by atoms with Crippen molar-refractivity contribution in [3.05, 3.63) is 0 Å². The quantitative estimate of drug-likeness (QED) is 0.508. The van der Waals surface area contributed by atoms with E-state index < -0.39 is 8.07 Å². The van der Waals surface area contributed by atoms with Gasteiger partial charge in [0.25, 0.3) is 0 Å². The van der Waals surface area contributed by atoms with Gasteiger partial charge >= 0.3 is 0 Å². The van der Waals surface area contributed by atoms with Crippen molar-refractivity contribution in [1.29, 1.82) is 0 Å². The SMILES string of the molecule is CC(C)[Si]1(C)CCCCC1. The highest BCUT2D eigenvalue weighted by Gasteiger charge is 2.31. The normalized spacial score (nSPS) is 25.2. The highest BCUT2D eigenvalue weighted by Crippen LogP contribution is 2.36. The van der Waals surface area contributed by atoms with Crippen LogP contribution in [0.2, 0.25) is 24.2 Å². The van der Waals surface area contributed by atoms with Crippen molar-refractivity contribution in [2.24, 2.45) is 0 Å². The standard InChI is InChI=1S/C9H20Si/c1-9(2)10(3)7-5-4-6-8-10/h9H,4-8H2,1-3H3. The molecule has 0 N–H and O–H groups in total. The topological polar surface area (TPSA) is 0 Å². The first kappa shape index (κ1) is 8.31. The average molecular weight is 156 g/mol. The minimum Gasteiger partial charge on any atom is -0.0690 e. The molecular formula is C9H20Si. The predicted octanol–water partition coefficient (Wildman–Crippen LogP) is 3.66. The van der Waals surface area contributed by atoms with Gasteiger partial charge in [-0.25, -0.2) is 0 Å². The number of hydrogen-bond donors (Lipinski definition) is 0. The Kier molecular flexibility index (Phi) is 2.56. The van der Waals surface area contributed by atoms with Crippen LogP contribution in [0, 0.1) is 0 Å². The van der Waals surface area contributed by atoms with Crippen LogP contribution in [0.5, 0.6) is 0 Å². The van der Waals surface area contributed by atoms with E-state index in [1.807, 2.05) is 0 Å². The molecule has 0 aromatic heterocycles. The molecule has 1 heteroatoms. The summed E-state index contributed by atoms with van der Waals surface area (Å²) in [5.74, 6) is 0. The van der Waals surface area contributed by atoms with E-state index in [0.717, 1.165) is 5.54 Å². The second-order valence-electron chi connectivity index (χ2n) is 4.37. The zero-order valence-corrected chi connectivity index (χ0v) is 8.61. The lowest BCUT2D eigenvalue weighted by Gasteiger charge is -2.35. The number of rotatable bonds is 1. The van der Waals surface area contributed by atoms with Crippen molar-refractivity contribution >= 4 is 8.07 Å². The van der Waals surface area contributed by atoms with Gasteiger partial charge in [0, 0.05) is 0 Å². The zero-order chi connectivity index (χ0) is 7.61. The van der Waals surface area contributed by atoms with E-state index in [0.29, 0.717) is 0 Å². The van der Waals surface area contributed by atoms with E-state index in [1.165, 1.54) is 19.3 Å². The molecule has 0 aromatic carbocycles. The molecule has 0 radical (unpaired) electrons. The molecule has 0 bridgehead atoms. The monoisotopic (exact) mass is 156 g/mol. The zero-order valence-electron chi connectivity index (χ0n) is 7.61. The molecule has 10 heavy (non-hydrogen) atoms. The molecule has 0 nitrogen and oxygen atoms in total. The van der Waals surface area contributed by atoms with Gasteiger partial charge in [-0.1, -0.05) is 57.3 Å². The molecule has 1 aliphatic heterocycles. The maximum absolute atomic E-state index is 2.59. The van der Waals surface area contributed by atoms with Crippen LogP contribution in [-0.2, 0) is 0 Å². The maximum Gasteiger partial charge on any atom is 0.0530 e. The molecule has 0 aliphatic carbocycles. The molecule has 1 saturated heterocycles. The van der Waals surface area contributed by atoms with Crippen molar-refractivity contribution < 1.29 is 0 Å². The summed E-state index contributed by atoms with van der Waals surface area (Å²) in [4.78, 5) is 0. The Morgan fingerprint density at radius 2 is 1.50 bits per heavy atom. The van der Waals surface area contributed by atoms with Crippen LogP contribution in [0.4, 0.5) is 0 Å². The van der Waals surface area contributed by atoms with E-state index in [2.05, 4.69) is 20.4 Å². The lowest BCUT2D eigenvalue weighted by atomic mass is 10.3. The summed E-state index contributed by atoms with van der Waals surface area (Å²) < 4.78 is 0. The van der Waals surface area contributed by atoms with Crippen molar-refractivity contribution in [1.82, 2.24) is 0 Å². The molecule has 0 saturated carbocycles. The summed E-state index contributed by atoms with van der Waals surface area (Å²) in [6.07, 6.45) is 4.57. The molecule has 1 heterocycles. The Morgan fingerprint density at radius 3 is 1.80 bits per heavy atom. The largest absolute Gasteiger partial charge is 0.0690 e. The molecular weight excluding hydrogens is 136 g/mol.